The molecule has 1 aliphatic rings. The van der Waals surface area contributed by atoms with Crippen molar-refractivity contribution >= 4 is 11.6 Å². The predicted octanol–water partition coefficient (Wildman–Crippen LogP) is 2.39. The Labute approximate surface area is 120 Å². The lowest BCUT2D eigenvalue weighted by Crippen LogP contribution is -2.31. The van der Waals surface area contributed by atoms with E-state index in [0.29, 0.717) is 11.5 Å². The predicted molar refractivity (Wildman–Crippen MR) is 80.2 cm³/mol. The molecule has 0 aromatic carbocycles. The smallest absolute Gasteiger partial charge is 0.239 e. The first-order valence-electron chi connectivity index (χ1n) is 7.42. The van der Waals surface area contributed by atoms with Crippen LogP contribution in [0.1, 0.15) is 46.5 Å². The van der Waals surface area contributed by atoms with Crippen molar-refractivity contribution in [1.82, 2.24) is 9.78 Å². The number of rotatable bonds is 4. The molecule has 0 bridgehead atoms. The first-order valence-corrected chi connectivity index (χ1v) is 7.42. The lowest BCUT2D eigenvalue weighted by molar-refractivity contribution is -0.118. The number of primary amides is 1. The minimum absolute atomic E-state index is 0.137. The summed E-state index contributed by atoms with van der Waals surface area (Å²) in [7, 11) is 0. The number of aromatic nitrogens is 2. The first kappa shape index (κ1) is 14.9. The molecule has 3 N–H and O–H groups in total. The molecule has 1 amide bonds. The molecule has 0 aliphatic heterocycles. The van der Waals surface area contributed by atoms with Crippen molar-refractivity contribution < 1.29 is 4.79 Å². The molecule has 0 spiro atoms. The van der Waals surface area contributed by atoms with E-state index in [1.54, 1.807) is 10.9 Å². The Kier molecular flexibility index (Phi) is 4.35. The molecule has 0 unspecified atom stereocenters. The first-order chi connectivity index (χ1) is 9.34. The minimum atomic E-state index is -0.370. The van der Waals surface area contributed by atoms with Gasteiger partial charge in [0.25, 0.3) is 0 Å². The van der Waals surface area contributed by atoms with E-state index in [-0.39, 0.29) is 12.5 Å². The van der Waals surface area contributed by atoms with E-state index in [2.05, 4.69) is 31.2 Å². The van der Waals surface area contributed by atoms with E-state index in [4.69, 9.17) is 5.73 Å². The Morgan fingerprint density at radius 3 is 2.60 bits per heavy atom. The summed E-state index contributed by atoms with van der Waals surface area (Å²) in [5.41, 5.74) is 6.55. The molecule has 1 aliphatic carbocycles. The van der Waals surface area contributed by atoms with Crippen LogP contribution in [0.4, 0.5) is 5.69 Å². The van der Waals surface area contributed by atoms with Crippen LogP contribution in [0.15, 0.2) is 12.4 Å². The molecule has 0 atom stereocenters. The maximum absolute atomic E-state index is 10.8. The summed E-state index contributed by atoms with van der Waals surface area (Å²) in [5.74, 6) is 0.448. The van der Waals surface area contributed by atoms with Gasteiger partial charge < -0.3 is 11.1 Å². The van der Waals surface area contributed by atoms with Crippen LogP contribution >= 0.6 is 0 Å². The normalized spacial score (nSPS) is 23.6. The largest absolute Gasteiger partial charge is 0.380 e. The van der Waals surface area contributed by atoms with Crippen molar-refractivity contribution in [2.24, 2.45) is 17.1 Å². The molecule has 5 nitrogen and oxygen atoms in total. The maximum atomic E-state index is 10.8. The summed E-state index contributed by atoms with van der Waals surface area (Å²) >= 11 is 0. The van der Waals surface area contributed by atoms with Gasteiger partial charge >= 0.3 is 0 Å². The van der Waals surface area contributed by atoms with Crippen LogP contribution in [0.25, 0.3) is 0 Å². The van der Waals surface area contributed by atoms with Crippen LogP contribution < -0.4 is 11.1 Å². The van der Waals surface area contributed by atoms with Crippen LogP contribution in [0.3, 0.4) is 0 Å². The van der Waals surface area contributed by atoms with Gasteiger partial charge in [0.05, 0.1) is 11.9 Å². The number of nitrogens with two attached hydrogens (primary N) is 1. The van der Waals surface area contributed by atoms with Gasteiger partial charge in [-0.15, -0.1) is 0 Å². The number of anilines is 1. The van der Waals surface area contributed by atoms with E-state index in [0.717, 1.165) is 11.6 Å². The fourth-order valence-electron chi connectivity index (χ4n) is 3.02. The zero-order valence-corrected chi connectivity index (χ0v) is 12.7. The standard InChI is InChI=1S/C15H26N4O/c1-15(2,3)11-4-6-12(7-5-11)18-13-8-17-19(9-13)10-14(16)20/h8-9,11-12,18H,4-7,10H2,1-3H3,(H2,16,20). The molecular weight excluding hydrogens is 252 g/mol. The van der Waals surface area contributed by atoms with Crippen LogP contribution in [0.2, 0.25) is 0 Å². The Morgan fingerprint density at radius 2 is 2.05 bits per heavy atom. The van der Waals surface area contributed by atoms with Crippen molar-refractivity contribution in [3.8, 4) is 0 Å². The molecule has 112 valence electrons. The highest BCUT2D eigenvalue weighted by Gasteiger charge is 2.29. The van der Waals surface area contributed by atoms with E-state index >= 15 is 0 Å². The molecule has 1 aromatic heterocycles. The molecule has 0 saturated heterocycles. The quantitative estimate of drug-likeness (QED) is 0.888. The summed E-state index contributed by atoms with van der Waals surface area (Å²) in [4.78, 5) is 10.8. The van der Waals surface area contributed by atoms with Gasteiger partial charge in [0, 0.05) is 12.2 Å². The third-order valence-corrected chi connectivity index (χ3v) is 4.27. The highest BCUT2D eigenvalue weighted by Crippen LogP contribution is 2.38. The van der Waals surface area contributed by atoms with E-state index < -0.39 is 0 Å². The van der Waals surface area contributed by atoms with Crippen molar-refractivity contribution in [3.63, 3.8) is 0 Å². The number of hydrogen-bond donors (Lipinski definition) is 2. The average molecular weight is 278 g/mol. The lowest BCUT2D eigenvalue weighted by Gasteiger charge is -2.37. The fraction of sp³-hybridized carbons (Fsp3) is 0.733. The second kappa shape index (κ2) is 5.85. The molecule has 0 radical (unpaired) electrons. The fourth-order valence-corrected chi connectivity index (χ4v) is 3.02. The zero-order valence-electron chi connectivity index (χ0n) is 12.7. The average Bonchev–Trinajstić information content (AvgIpc) is 2.75. The highest BCUT2D eigenvalue weighted by atomic mass is 16.1. The SMILES string of the molecule is CC(C)(C)C1CCC(Nc2cnn(CC(N)=O)c2)CC1. The van der Waals surface area contributed by atoms with Gasteiger partial charge in [0.15, 0.2) is 0 Å². The van der Waals surface area contributed by atoms with Gasteiger partial charge in [-0.2, -0.15) is 5.10 Å². The maximum Gasteiger partial charge on any atom is 0.239 e. The van der Waals surface area contributed by atoms with Gasteiger partial charge in [-0.3, -0.25) is 9.48 Å². The zero-order chi connectivity index (χ0) is 14.8. The highest BCUT2D eigenvalue weighted by molar-refractivity contribution is 5.73. The van der Waals surface area contributed by atoms with Crippen LogP contribution in [-0.4, -0.2) is 21.7 Å². The molecule has 20 heavy (non-hydrogen) atoms. The number of nitrogens with zero attached hydrogens (tertiary/aromatic N) is 2. The second-order valence-electron chi connectivity index (χ2n) is 6.95. The minimum Gasteiger partial charge on any atom is -0.380 e. The number of hydrogen-bond acceptors (Lipinski definition) is 3. The lowest BCUT2D eigenvalue weighted by atomic mass is 9.71. The molecule has 5 heteroatoms. The molecular formula is C15H26N4O. The van der Waals surface area contributed by atoms with E-state index in [1.165, 1.54) is 25.7 Å². The van der Waals surface area contributed by atoms with E-state index in [9.17, 15) is 4.79 Å². The number of amides is 1. The topological polar surface area (TPSA) is 72.9 Å². The molecule has 1 fully saturated rings. The Bertz CT molecular complexity index is 453. The van der Waals surface area contributed by atoms with Crippen LogP contribution in [-0.2, 0) is 11.3 Å². The Balaban J connectivity index is 1.83. The van der Waals surface area contributed by atoms with Gasteiger partial charge in [0.1, 0.15) is 6.54 Å². The molecule has 1 heterocycles. The van der Waals surface area contributed by atoms with E-state index in [1.807, 2.05) is 6.20 Å². The van der Waals surface area contributed by atoms with Crippen LogP contribution in [0.5, 0.6) is 0 Å². The van der Waals surface area contributed by atoms with Crippen LogP contribution in [0, 0.1) is 11.3 Å². The van der Waals surface area contributed by atoms with Crippen molar-refractivity contribution in [2.45, 2.75) is 59.0 Å². The summed E-state index contributed by atoms with van der Waals surface area (Å²) in [5, 5.41) is 7.64. The number of nitrogens with one attached hydrogen (secondary N) is 1. The molecule has 1 aromatic rings. The Morgan fingerprint density at radius 1 is 1.40 bits per heavy atom. The van der Waals surface area contributed by atoms with Gasteiger partial charge in [-0.1, -0.05) is 20.8 Å². The van der Waals surface area contributed by atoms with Gasteiger partial charge in [-0.05, 0) is 37.0 Å². The summed E-state index contributed by atoms with van der Waals surface area (Å²) in [6.45, 7) is 7.14. The van der Waals surface area contributed by atoms with Crippen molar-refractivity contribution in [1.29, 1.82) is 0 Å². The number of carbonyl (C=O) groups is 1. The third-order valence-electron chi connectivity index (χ3n) is 4.27. The summed E-state index contributed by atoms with van der Waals surface area (Å²) < 4.78 is 1.57. The summed E-state index contributed by atoms with van der Waals surface area (Å²) in [6.07, 6.45) is 8.55. The second-order valence-corrected chi connectivity index (χ2v) is 6.95. The van der Waals surface area contributed by atoms with Gasteiger partial charge in [0.2, 0.25) is 5.91 Å². The third kappa shape index (κ3) is 3.99. The monoisotopic (exact) mass is 278 g/mol. The molecule has 1 saturated carbocycles. The van der Waals surface area contributed by atoms with Gasteiger partial charge in [-0.25, -0.2) is 0 Å². The molecule has 2 rings (SSSR count). The number of carbonyl (C=O) groups excluding carboxylic acids is 1. The summed E-state index contributed by atoms with van der Waals surface area (Å²) in [6, 6.07) is 0.514. The van der Waals surface area contributed by atoms with Crippen molar-refractivity contribution in [2.75, 3.05) is 5.32 Å². The van der Waals surface area contributed by atoms with Crippen molar-refractivity contribution in [3.05, 3.63) is 12.4 Å². The Hall–Kier alpha value is -1.52.